The number of carbonyl (C=O) groups is 2. The molecule has 9 heteroatoms. The summed E-state index contributed by atoms with van der Waals surface area (Å²) in [6.45, 7) is 1.53. The molecule has 0 saturated heterocycles. The number of methoxy groups -OCH3 is 3. The van der Waals surface area contributed by atoms with Crippen molar-refractivity contribution >= 4 is 28.3 Å². The van der Waals surface area contributed by atoms with Crippen molar-refractivity contribution in [3.05, 3.63) is 53.4 Å². The van der Waals surface area contributed by atoms with E-state index in [0.29, 0.717) is 28.8 Å². The maximum Gasteiger partial charge on any atom is 0.306 e. The van der Waals surface area contributed by atoms with E-state index in [1.165, 1.54) is 39.6 Å². The first-order valence-electron chi connectivity index (χ1n) is 10.2. The van der Waals surface area contributed by atoms with Crippen LogP contribution in [0.1, 0.15) is 18.9 Å². The van der Waals surface area contributed by atoms with Crippen molar-refractivity contribution in [3.63, 3.8) is 0 Å². The summed E-state index contributed by atoms with van der Waals surface area (Å²) in [5.74, 6) is 0.562. The van der Waals surface area contributed by atoms with Gasteiger partial charge in [-0.05, 0) is 31.0 Å². The van der Waals surface area contributed by atoms with E-state index in [-0.39, 0.29) is 6.42 Å². The fraction of sp³-hybridized carbons (Fsp3) is 0.292. The van der Waals surface area contributed by atoms with Gasteiger partial charge in [0, 0.05) is 17.4 Å². The van der Waals surface area contributed by atoms with Gasteiger partial charge in [0.15, 0.2) is 22.7 Å². The summed E-state index contributed by atoms with van der Waals surface area (Å²) in [7, 11) is 4.58. The molecule has 0 radical (unpaired) electrons. The maximum absolute atomic E-state index is 12.4. The van der Waals surface area contributed by atoms with Crippen molar-refractivity contribution in [2.24, 2.45) is 0 Å². The molecule has 0 aliphatic carbocycles. The first-order valence-corrected chi connectivity index (χ1v) is 11.1. The molecule has 1 N–H and O–H groups in total. The Morgan fingerprint density at radius 1 is 1.03 bits per heavy atom. The third-order valence-corrected chi connectivity index (χ3v) is 5.58. The summed E-state index contributed by atoms with van der Waals surface area (Å²) in [5.41, 5.74) is 2.54. The number of thiazole rings is 1. The zero-order valence-corrected chi connectivity index (χ0v) is 19.7. The SMILES string of the molecule is COc1cc(CCC(=O)OC(C)C(=O)Nc2nc(-c3ccccc3)cs2)cc(OC)c1OC. The number of anilines is 1. The molecule has 0 aliphatic heterocycles. The minimum absolute atomic E-state index is 0.0890. The highest BCUT2D eigenvalue weighted by Gasteiger charge is 2.20. The van der Waals surface area contributed by atoms with Crippen LogP contribution in [0, 0.1) is 0 Å². The lowest BCUT2D eigenvalue weighted by molar-refractivity contribution is -0.153. The van der Waals surface area contributed by atoms with Crippen molar-refractivity contribution in [2.75, 3.05) is 26.6 Å². The molecule has 2 aromatic carbocycles. The Balaban J connectivity index is 1.53. The Hall–Kier alpha value is -3.59. The molecule has 1 atom stereocenters. The molecule has 0 saturated carbocycles. The number of carbonyl (C=O) groups excluding carboxylic acids is 2. The average molecular weight is 471 g/mol. The standard InChI is InChI=1S/C24H26N2O6S/c1-15(23(28)26-24-25-18(14-33-24)17-8-6-5-7-9-17)32-21(27)11-10-16-12-19(29-2)22(31-4)20(13-16)30-3/h5-9,12-15H,10-11H2,1-4H3,(H,25,26,28). The van der Waals surface area contributed by atoms with E-state index in [4.69, 9.17) is 18.9 Å². The number of amides is 1. The largest absolute Gasteiger partial charge is 0.493 e. The van der Waals surface area contributed by atoms with Crippen molar-refractivity contribution in [1.82, 2.24) is 4.98 Å². The summed E-state index contributed by atoms with van der Waals surface area (Å²) in [6.07, 6.45) is -0.482. The molecule has 3 rings (SSSR count). The summed E-state index contributed by atoms with van der Waals surface area (Å²) in [5, 5.41) is 5.00. The number of esters is 1. The van der Waals surface area contributed by atoms with Crippen molar-refractivity contribution in [2.45, 2.75) is 25.9 Å². The van der Waals surface area contributed by atoms with Crippen LogP contribution < -0.4 is 19.5 Å². The zero-order valence-electron chi connectivity index (χ0n) is 18.9. The molecule has 33 heavy (non-hydrogen) atoms. The van der Waals surface area contributed by atoms with Crippen LogP contribution >= 0.6 is 11.3 Å². The lowest BCUT2D eigenvalue weighted by Gasteiger charge is -2.15. The molecule has 0 bridgehead atoms. The molecule has 0 aliphatic rings. The Morgan fingerprint density at radius 2 is 1.70 bits per heavy atom. The first kappa shape index (κ1) is 24.1. The van der Waals surface area contributed by atoms with Crippen LogP contribution in [0.3, 0.4) is 0 Å². The normalized spacial score (nSPS) is 11.4. The van der Waals surface area contributed by atoms with Gasteiger partial charge in [-0.25, -0.2) is 4.98 Å². The quantitative estimate of drug-likeness (QED) is 0.440. The van der Waals surface area contributed by atoms with Gasteiger partial charge in [0.05, 0.1) is 27.0 Å². The summed E-state index contributed by atoms with van der Waals surface area (Å²) in [6, 6.07) is 13.2. The number of nitrogens with one attached hydrogen (secondary N) is 1. The number of nitrogens with zero attached hydrogens (tertiary/aromatic N) is 1. The number of ether oxygens (including phenoxy) is 4. The highest BCUT2D eigenvalue weighted by atomic mass is 32.1. The first-order chi connectivity index (χ1) is 15.9. The molecular weight excluding hydrogens is 444 g/mol. The van der Waals surface area contributed by atoms with Crippen LogP contribution in [0.15, 0.2) is 47.8 Å². The molecule has 174 valence electrons. The van der Waals surface area contributed by atoms with Gasteiger partial charge in [-0.1, -0.05) is 30.3 Å². The van der Waals surface area contributed by atoms with Crippen LogP contribution in [-0.4, -0.2) is 44.3 Å². The van der Waals surface area contributed by atoms with Crippen molar-refractivity contribution < 1.29 is 28.5 Å². The Labute approximate surface area is 196 Å². The van der Waals surface area contributed by atoms with Crippen LogP contribution in [0.2, 0.25) is 0 Å². The molecule has 0 spiro atoms. The number of hydrogen-bond donors (Lipinski definition) is 1. The van der Waals surface area contributed by atoms with Gasteiger partial charge in [-0.2, -0.15) is 0 Å². The van der Waals surface area contributed by atoms with Crippen LogP contribution in [0.4, 0.5) is 5.13 Å². The molecule has 1 aromatic heterocycles. The minimum Gasteiger partial charge on any atom is -0.493 e. The van der Waals surface area contributed by atoms with Gasteiger partial charge in [0.25, 0.3) is 5.91 Å². The number of benzene rings is 2. The van der Waals surface area contributed by atoms with Gasteiger partial charge in [-0.3, -0.25) is 14.9 Å². The molecule has 0 fully saturated rings. The predicted molar refractivity (Wildman–Crippen MR) is 126 cm³/mol. The fourth-order valence-corrected chi connectivity index (χ4v) is 3.84. The topological polar surface area (TPSA) is 96.0 Å². The molecule has 1 amide bonds. The van der Waals surface area contributed by atoms with Gasteiger partial charge in [-0.15, -0.1) is 11.3 Å². The second kappa shape index (κ2) is 11.3. The molecule has 1 heterocycles. The number of aromatic nitrogens is 1. The van der Waals surface area contributed by atoms with Gasteiger partial charge < -0.3 is 18.9 Å². The van der Waals surface area contributed by atoms with E-state index in [2.05, 4.69) is 10.3 Å². The summed E-state index contributed by atoms with van der Waals surface area (Å²) in [4.78, 5) is 29.2. The second-order valence-electron chi connectivity index (χ2n) is 7.06. The lowest BCUT2D eigenvalue weighted by atomic mass is 10.1. The monoisotopic (exact) mass is 470 g/mol. The highest BCUT2D eigenvalue weighted by molar-refractivity contribution is 7.14. The van der Waals surface area contributed by atoms with Crippen LogP contribution in [-0.2, 0) is 20.7 Å². The highest BCUT2D eigenvalue weighted by Crippen LogP contribution is 2.38. The Kier molecular flexibility index (Phi) is 8.26. The van der Waals surface area contributed by atoms with E-state index >= 15 is 0 Å². The van der Waals surface area contributed by atoms with Crippen molar-refractivity contribution in [1.29, 1.82) is 0 Å². The molecule has 8 nitrogen and oxygen atoms in total. The molecule has 1 unspecified atom stereocenters. The lowest BCUT2D eigenvalue weighted by Crippen LogP contribution is -2.30. The van der Waals surface area contributed by atoms with Gasteiger partial charge in [0.1, 0.15) is 0 Å². The van der Waals surface area contributed by atoms with E-state index in [1.54, 1.807) is 12.1 Å². The number of rotatable bonds is 10. The van der Waals surface area contributed by atoms with E-state index in [9.17, 15) is 9.59 Å². The number of aryl methyl sites for hydroxylation is 1. The maximum atomic E-state index is 12.4. The summed E-state index contributed by atoms with van der Waals surface area (Å²) >= 11 is 1.31. The zero-order chi connectivity index (χ0) is 23.8. The second-order valence-corrected chi connectivity index (χ2v) is 7.92. The van der Waals surface area contributed by atoms with E-state index in [0.717, 1.165) is 16.8 Å². The van der Waals surface area contributed by atoms with E-state index in [1.807, 2.05) is 35.7 Å². The third-order valence-electron chi connectivity index (χ3n) is 4.82. The van der Waals surface area contributed by atoms with Gasteiger partial charge in [0.2, 0.25) is 5.75 Å². The van der Waals surface area contributed by atoms with E-state index < -0.39 is 18.0 Å². The fourth-order valence-electron chi connectivity index (χ4n) is 3.12. The smallest absolute Gasteiger partial charge is 0.306 e. The van der Waals surface area contributed by atoms with Crippen molar-refractivity contribution in [3.8, 4) is 28.5 Å². The average Bonchev–Trinajstić information content (AvgIpc) is 3.30. The molecular formula is C24H26N2O6S. The third kappa shape index (κ3) is 6.23. The number of hydrogen-bond acceptors (Lipinski definition) is 8. The Bertz CT molecular complexity index is 1070. The van der Waals surface area contributed by atoms with Crippen LogP contribution in [0.25, 0.3) is 11.3 Å². The van der Waals surface area contributed by atoms with Crippen LogP contribution in [0.5, 0.6) is 17.2 Å². The predicted octanol–water partition coefficient (Wildman–Crippen LogP) is 4.34. The minimum atomic E-state index is -0.957. The summed E-state index contributed by atoms with van der Waals surface area (Å²) < 4.78 is 21.3. The Morgan fingerprint density at radius 3 is 2.30 bits per heavy atom. The van der Waals surface area contributed by atoms with Gasteiger partial charge >= 0.3 is 5.97 Å². The molecule has 3 aromatic rings.